The summed E-state index contributed by atoms with van der Waals surface area (Å²) in [4.78, 5) is 28.3. The van der Waals surface area contributed by atoms with Crippen LogP contribution in [0.3, 0.4) is 0 Å². The van der Waals surface area contributed by atoms with Gasteiger partial charge in [0.1, 0.15) is 18.4 Å². The van der Waals surface area contributed by atoms with Crippen LogP contribution >= 0.6 is 11.6 Å². The van der Waals surface area contributed by atoms with Crippen molar-refractivity contribution >= 4 is 39.1 Å². The first-order valence-corrected chi connectivity index (χ1v) is 14.1. The number of nitrogens with zero attached hydrogens (tertiary/aromatic N) is 2. The van der Waals surface area contributed by atoms with E-state index in [1.165, 1.54) is 29.2 Å². The van der Waals surface area contributed by atoms with Gasteiger partial charge in [-0.25, -0.2) is 12.8 Å². The Morgan fingerprint density at radius 2 is 1.58 bits per heavy atom. The van der Waals surface area contributed by atoms with Gasteiger partial charge in [0.2, 0.25) is 11.8 Å². The molecule has 0 aromatic heterocycles. The lowest BCUT2D eigenvalue weighted by Gasteiger charge is -2.33. The Balaban J connectivity index is 2.04. The van der Waals surface area contributed by atoms with Crippen molar-refractivity contribution in [1.82, 2.24) is 10.2 Å². The molecule has 0 aliphatic heterocycles. The maximum absolute atomic E-state index is 13.9. The average Bonchev–Trinajstić information content (AvgIpc) is 2.92. The first kappa shape index (κ1) is 29.1. The molecular weight excluding hydrogens is 529 g/mol. The standard InChI is InChI=1S/C28H31ClFN3O4S/c1-3-18-31-28(35)26(4-2)32(19-21-10-8-9-13-25(21)29)27(34)20-33(23-16-14-22(30)15-17-23)38(36,37)24-11-6-5-7-12-24/h5-17,26H,3-4,18-20H2,1-2H3,(H,31,35)/t26-/m1/s1. The molecule has 0 saturated heterocycles. The van der Waals surface area contributed by atoms with Gasteiger partial charge >= 0.3 is 0 Å². The third kappa shape index (κ3) is 7.11. The third-order valence-corrected chi connectivity index (χ3v) is 8.12. The molecule has 0 saturated carbocycles. The Morgan fingerprint density at radius 1 is 0.947 bits per heavy atom. The van der Waals surface area contributed by atoms with Crippen molar-refractivity contribution in [2.75, 3.05) is 17.4 Å². The molecule has 3 aromatic rings. The molecule has 0 radical (unpaired) electrons. The van der Waals surface area contributed by atoms with Crippen LogP contribution in [0.4, 0.5) is 10.1 Å². The molecule has 3 rings (SSSR count). The Hall–Kier alpha value is -3.43. The normalized spacial score (nSPS) is 12.0. The first-order valence-electron chi connectivity index (χ1n) is 12.3. The zero-order chi connectivity index (χ0) is 27.7. The molecule has 202 valence electrons. The molecular formula is C28H31ClFN3O4S. The van der Waals surface area contributed by atoms with Crippen LogP contribution in [0.15, 0.2) is 83.8 Å². The second kappa shape index (κ2) is 13.4. The molecule has 10 heteroatoms. The molecule has 0 unspecified atom stereocenters. The molecule has 2 amide bonds. The predicted octanol–water partition coefficient (Wildman–Crippen LogP) is 5.01. The number of amides is 2. The highest BCUT2D eigenvalue weighted by Crippen LogP contribution is 2.26. The Labute approximate surface area is 228 Å². The number of anilines is 1. The molecule has 38 heavy (non-hydrogen) atoms. The molecule has 1 atom stereocenters. The van der Waals surface area contributed by atoms with Crippen LogP contribution in [0.5, 0.6) is 0 Å². The number of sulfonamides is 1. The van der Waals surface area contributed by atoms with Crippen LogP contribution in [-0.4, -0.2) is 44.3 Å². The monoisotopic (exact) mass is 559 g/mol. The van der Waals surface area contributed by atoms with Crippen molar-refractivity contribution in [2.45, 2.75) is 44.2 Å². The Morgan fingerprint density at radius 3 is 2.18 bits per heavy atom. The van der Waals surface area contributed by atoms with E-state index in [4.69, 9.17) is 11.6 Å². The molecule has 0 heterocycles. The fraction of sp³-hybridized carbons (Fsp3) is 0.286. The number of halogens is 2. The van der Waals surface area contributed by atoms with E-state index in [0.717, 1.165) is 16.4 Å². The summed E-state index contributed by atoms with van der Waals surface area (Å²) in [5.41, 5.74) is 0.730. The van der Waals surface area contributed by atoms with E-state index in [2.05, 4.69) is 5.32 Å². The summed E-state index contributed by atoms with van der Waals surface area (Å²) in [7, 11) is -4.21. The maximum Gasteiger partial charge on any atom is 0.264 e. The number of hydrogen-bond acceptors (Lipinski definition) is 4. The van der Waals surface area contributed by atoms with E-state index in [1.54, 1.807) is 49.4 Å². The summed E-state index contributed by atoms with van der Waals surface area (Å²) < 4.78 is 41.9. The topological polar surface area (TPSA) is 86.8 Å². The lowest BCUT2D eigenvalue weighted by atomic mass is 10.1. The number of carbonyl (C=O) groups is 2. The van der Waals surface area contributed by atoms with Crippen molar-refractivity contribution in [3.8, 4) is 0 Å². The summed E-state index contributed by atoms with van der Waals surface area (Å²) in [5, 5.41) is 3.25. The number of hydrogen-bond donors (Lipinski definition) is 1. The van der Waals surface area contributed by atoms with Gasteiger partial charge in [-0.1, -0.05) is 61.8 Å². The van der Waals surface area contributed by atoms with Crippen molar-refractivity contribution in [2.24, 2.45) is 0 Å². The van der Waals surface area contributed by atoms with Gasteiger partial charge in [-0.2, -0.15) is 0 Å². The highest BCUT2D eigenvalue weighted by molar-refractivity contribution is 7.92. The first-order chi connectivity index (χ1) is 18.2. The molecule has 0 fully saturated rings. The van der Waals surface area contributed by atoms with Gasteiger partial charge in [0.05, 0.1) is 10.6 Å². The van der Waals surface area contributed by atoms with E-state index < -0.39 is 34.3 Å². The van der Waals surface area contributed by atoms with E-state index in [0.29, 0.717) is 30.0 Å². The number of carbonyl (C=O) groups excluding carboxylic acids is 2. The van der Waals surface area contributed by atoms with E-state index >= 15 is 0 Å². The van der Waals surface area contributed by atoms with Gasteiger partial charge in [0.15, 0.2) is 0 Å². The Kier molecular flexibility index (Phi) is 10.3. The number of nitrogens with one attached hydrogen (secondary N) is 1. The summed E-state index contributed by atoms with van der Waals surface area (Å²) in [6.45, 7) is 3.53. The molecule has 3 aromatic carbocycles. The number of rotatable bonds is 12. The van der Waals surface area contributed by atoms with Crippen molar-refractivity contribution in [3.63, 3.8) is 0 Å². The van der Waals surface area contributed by atoms with Crippen LogP contribution in [0.25, 0.3) is 0 Å². The zero-order valence-electron chi connectivity index (χ0n) is 21.3. The quantitative estimate of drug-likeness (QED) is 0.338. The van der Waals surface area contributed by atoms with Crippen molar-refractivity contribution < 1.29 is 22.4 Å². The molecule has 1 N–H and O–H groups in total. The van der Waals surface area contributed by atoms with Crippen LogP contribution in [0.2, 0.25) is 5.02 Å². The van der Waals surface area contributed by atoms with Gasteiger partial charge < -0.3 is 10.2 Å². The minimum absolute atomic E-state index is 0.000793. The lowest BCUT2D eigenvalue weighted by molar-refractivity contribution is -0.140. The average molecular weight is 560 g/mol. The molecule has 0 bridgehead atoms. The summed E-state index contributed by atoms with van der Waals surface area (Å²) in [6, 6.07) is 18.6. The van der Waals surface area contributed by atoms with Crippen LogP contribution < -0.4 is 9.62 Å². The van der Waals surface area contributed by atoms with Gasteiger partial charge in [-0.15, -0.1) is 0 Å². The SMILES string of the molecule is CCCNC(=O)[C@@H](CC)N(Cc1ccccc1Cl)C(=O)CN(c1ccc(F)cc1)S(=O)(=O)c1ccccc1. The van der Waals surface area contributed by atoms with Gasteiger partial charge in [0, 0.05) is 18.1 Å². The van der Waals surface area contributed by atoms with Gasteiger partial charge in [0.25, 0.3) is 10.0 Å². The highest BCUT2D eigenvalue weighted by Gasteiger charge is 2.33. The maximum atomic E-state index is 13.9. The minimum Gasteiger partial charge on any atom is -0.354 e. The van der Waals surface area contributed by atoms with Crippen molar-refractivity contribution in [3.05, 3.63) is 95.3 Å². The fourth-order valence-corrected chi connectivity index (χ4v) is 5.58. The summed E-state index contributed by atoms with van der Waals surface area (Å²) >= 11 is 6.37. The molecule has 0 aliphatic rings. The third-order valence-electron chi connectivity index (χ3n) is 5.96. The van der Waals surface area contributed by atoms with Gasteiger partial charge in [-0.05, 0) is 60.9 Å². The smallest absolute Gasteiger partial charge is 0.264 e. The van der Waals surface area contributed by atoms with Crippen molar-refractivity contribution in [1.29, 1.82) is 0 Å². The second-order valence-corrected chi connectivity index (χ2v) is 10.9. The van der Waals surface area contributed by atoms with E-state index in [1.807, 2.05) is 6.92 Å². The van der Waals surface area contributed by atoms with E-state index in [9.17, 15) is 22.4 Å². The fourth-order valence-electron chi connectivity index (χ4n) is 3.95. The largest absolute Gasteiger partial charge is 0.354 e. The zero-order valence-corrected chi connectivity index (χ0v) is 22.9. The van der Waals surface area contributed by atoms with Crippen LogP contribution in [0, 0.1) is 5.82 Å². The van der Waals surface area contributed by atoms with Crippen LogP contribution in [-0.2, 0) is 26.2 Å². The van der Waals surface area contributed by atoms with Crippen LogP contribution in [0.1, 0.15) is 32.3 Å². The van der Waals surface area contributed by atoms with Gasteiger partial charge in [-0.3, -0.25) is 13.9 Å². The Bertz CT molecular complexity index is 1340. The minimum atomic E-state index is -4.21. The lowest BCUT2D eigenvalue weighted by Crippen LogP contribution is -2.52. The second-order valence-electron chi connectivity index (χ2n) is 8.63. The molecule has 7 nitrogen and oxygen atoms in total. The highest BCUT2D eigenvalue weighted by atomic mass is 35.5. The molecule has 0 aliphatic carbocycles. The van der Waals surface area contributed by atoms with E-state index in [-0.39, 0.29) is 23.0 Å². The summed E-state index contributed by atoms with van der Waals surface area (Å²) in [6.07, 6.45) is 1.02. The molecule has 0 spiro atoms. The number of benzene rings is 3. The predicted molar refractivity (Wildman–Crippen MR) is 147 cm³/mol. The summed E-state index contributed by atoms with van der Waals surface area (Å²) in [5.74, 6) is -1.49.